The van der Waals surface area contributed by atoms with Crippen molar-refractivity contribution in [3.63, 3.8) is 0 Å². The monoisotopic (exact) mass is 588 g/mol. The molecule has 0 spiro atoms. The third kappa shape index (κ3) is 22.0. The van der Waals surface area contributed by atoms with Gasteiger partial charge in [0.25, 0.3) is 5.91 Å². The molecular weight excluding hydrogens is 536 g/mol. The number of hydrogen-bond acceptors (Lipinski definition) is 5. The van der Waals surface area contributed by atoms with Crippen LogP contribution in [0.5, 0.6) is 11.5 Å². The maximum atomic E-state index is 9.33. The predicted molar refractivity (Wildman–Crippen MR) is 186 cm³/mol. The zero-order valence-corrected chi connectivity index (χ0v) is 27.7. The van der Waals surface area contributed by atoms with Crippen molar-refractivity contribution in [3.8, 4) is 11.5 Å². The molecule has 0 N–H and O–H groups in total. The van der Waals surface area contributed by atoms with E-state index in [2.05, 4.69) is 71.8 Å². The molecule has 0 radical (unpaired) electrons. The van der Waals surface area contributed by atoms with Gasteiger partial charge in [-0.3, -0.25) is 9.79 Å². The lowest BCUT2D eigenvalue weighted by atomic mass is 9.97. The predicted octanol–water partition coefficient (Wildman–Crippen LogP) is 10.9. The van der Waals surface area contributed by atoms with Crippen molar-refractivity contribution in [2.24, 2.45) is 16.1 Å². The van der Waals surface area contributed by atoms with Gasteiger partial charge in [-0.15, -0.1) is 4.91 Å². The number of hydrogen-bond donors (Lipinski definition) is 0. The fourth-order valence-electron chi connectivity index (χ4n) is 3.02. The number of methoxy groups -OCH3 is 1. The lowest BCUT2D eigenvalue weighted by Crippen LogP contribution is -1.93. The molecule has 0 aliphatic carbocycles. The van der Waals surface area contributed by atoms with E-state index in [4.69, 9.17) is 14.4 Å². The van der Waals surface area contributed by atoms with Gasteiger partial charge < -0.3 is 9.47 Å². The highest BCUT2D eigenvalue weighted by Gasteiger charge is 2.04. The first-order valence-corrected chi connectivity index (χ1v) is 14.5. The summed E-state index contributed by atoms with van der Waals surface area (Å²) in [6, 6.07) is 17.7. The number of allylic oxidation sites excluding steroid dienone is 7. The Bertz CT molecular complexity index is 1190. The minimum absolute atomic E-state index is 0.265. The van der Waals surface area contributed by atoms with Gasteiger partial charge in [-0.2, -0.15) is 0 Å². The van der Waals surface area contributed by atoms with E-state index in [9.17, 15) is 4.79 Å². The Balaban J connectivity index is 0. The second-order valence-electron chi connectivity index (χ2n) is 9.54. The molecule has 2 rings (SSSR count). The lowest BCUT2D eigenvalue weighted by molar-refractivity contribution is -0.115. The number of nitroso groups, excluding NO2 is 1. The summed E-state index contributed by atoms with van der Waals surface area (Å²) in [5.41, 5.74) is 4.51. The lowest BCUT2D eigenvalue weighted by Gasteiger charge is -2.10. The SMILES string of the molecule is C=C/C=C(\C=C/C(C)/C(C)=C/C(=C)c1ccc(Oc2ccccc2)cc1)OC.CC(=O)N=O.CCC.CCCC(C)=NC. The van der Waals surface area contributed by atoms with Crippen LogP contribution in [0.3, 0.4) is 0 Å². The van der Waals surface area contributed by atoms with Crippen LogP contribution in [0.25, 0.3) is 5.57 Å². The minimum Gasteiger partial charge on any atom is -0.497 e. The van der Waals surface area contributed by atoms with E-state index in [1.165, 1.54) is 24.1 Å². The Morgan fingerprint density at radius 1 is 0.977 bits per heavy atom. The van der Waals surface area contributed by atoms with Gasteiger partial charge in [0.05, 0.1) is 7.11 Å². The van der Waals surface area contributed by atoms with Crippen LogP contribution in [0.2, 0.25) is 0 Å². The van der Waals surface area contributed by atoms with Gasteiger partial charge in [0.1, 0.15) is 17.3 Å². The van der Waals surface area contributed by atoms with Crippen molar-refractivity contribution >= 4 is 17.2 Å². The fourth-order valence-corrected chi connectivity index (χ4v) is 3.02. The van der Waals surface area contributed by atoms with E-state index >= 15 is 0 Å². The van der Waals surface area contributed by atoms with Crippen molar-refractivity contribution in [1.82, 2.24) is 0 Å². The Hall–Kier alpha value is -4.32. The summed E-state index contributed by atoms with van der Waals surface area (Å²) >= 11 is 0. The molecule has 2 aromatic carbocycles. The average Bonchev–Trinajstić information content (AvgIpc) is 3.01. The Morgan fingerprint density at radius 3 is 1.93 bits per heavy atom. The first-order chi connectivity index (χ1) is 20.5. The van der Waals surface area contributed by atoms with Crippen LogP contribution in [-0.4, -0.2) is 25.8 Å². The van der Waals surface area contributed by atoms with E-state index in [1.54, 1.807) is 13.2 Å². The highest BCUT2D eigenvalue weighted by Crippen LogP contribution is 2.25. The number of para-hydroxylation sites is 1. The Labute approximate surface area is 260 Å². The fraction of sp³-hybridized carbons (Fsp3) is 0.351. The van der Waals surface area contributed by atoms with Crippen molar-refractivity contribution in [2.45, 2.75) is 67.7 Å². The van der Waals surface area contributed by atoms with Gasteiger partial charge >= 0.3 is 0 Å². The van der Waals surface area contributed by atoms with Gasteiger partial charge in [-0.05, 0) is 73.7 Å². The molecule has 43 heavy (non-hydrogen) atoms. The zero-order valence-electron chi connectivity index (χ0n) is 27.7. The highest BCUT2D eigenvalue weighted by atomic mass is 16.5. The number of benzene rings is 2. The van der Waals surface area contributed by atoms with Crippen molar-refractivity contribution < 1.29 is 14.3 Å². The summed E-state index contributed by atoms with van der Waals surface area (Å²) < 4.78 is 11.1. The molecular formula is C37H52N2O4. The van der Waals surface area contributed by atoms with E-state index < -0.39 is 5.91 Å². The number of carbonyl (C=O) groups is 1. The van der Waals surface area contributed by atoms with Crippen LogP contribution < -0.4 is 4.74 Å². The van der Waals surface area contributed by atoms with Crippen LogP contribution >= 0.6 is 0 Å². The molecule has 0 fully saturated rings. The maximum absolute atomic E-state index is 9.33. The average molecular weight is 589 g/mol. The van der Waals surface area contributed by atoms with Gasteiger partial charge in [0, 0.05) is 24.9 Å². The molecule has 1 unspecified atom stereocenters. The van der Waals surface area contributed by atoms with Gasteiger partial charge in [0.2, 0.25) is 0 Å². The second-order valence-corrected chi connectivity index (χ2v) is 9.54. The first kappa shape index (κ1) is 40.8. The number of aliphatic imine (C=N–C) groups is 1. The van der Waals surface area contributed by atoms with Crippen LogP contribution in [0, 0.1) is 10.8 Å². The van der Waals surface area contributed by atoms with Crippen molar-refractivity contribution in [2.75, 3.05) is 14.2 Å². The number of carbonyl (C=O) groups excluding carboxylic acids is 1. The quantitative estimate of drug-likeness (QED) is 0.113. The van der Waals surface area contributed by atoms with Gasteiger partial charge in [0.15, 0.2) is 0 Å². The van der Waals surface area contributed by atoms with Crippen molar-refractivity contribution in [3.05, 3.63) is 120 Å². The topological polar surface area (TPSA) is 77.3 Å². The molecule has 0 aromatic heterocycles. The summed E-state index contributed by atoms with van der Waals surface area (Å²) in [5.74, 6) is 2.00. The summed E-state index contributed by atoms with van der Waals surface area (Å²) in [6.45, 7) is 21.7. The zero-order chi connectivity index (χ0) is 33.0. The molecule has 0 saturated carbocycles. The number of amides is 1. The summed E-state index contributed by atoms with van der Waals surface area (Å²) in [5, 5.41) is 2.00. The molecule has 0 heterocycles. The van der Waals surface area contributed by atoms with E-state index in [0.29, 0.717) is 0 Å². The molecule has 0 aliphatic rings. The standard InChI is InChI=1S/C26H28O2.C6H13N.C3H8.C2H3NO2/c1-6-10-24(27-5)16-13-20(2)21(3)19-22(4)23-14-17-26(18-15-23)28-25-11-8-7-9-12-25;1-4-5-6(2)7-3;1-3-2;1-2(4)3-5/h6-20H,1,4H2,2-3,5H3;4-5H2,1-3H3;3H2,1-2H3;1H3/b16-13-,21-19+,24-10+;;;. The van der Waals surface area contributed by atoms with E-state index in [-0.39, 0.29) is 5.92 Å². The molecule has 1 amide bonds. The van der Waals surface area contributed by atoms with Crippen LogP contribution in [0.1, 0.15) is 73.3 Å². The van der Waals surface area contributed by atoms with Crippen LogP contribution in [-0.2, 0) is 9.53 Å². The third-order valence-corrected chi connectivity index (χ3v) is 5.51. The Morgan fingerprint density at radius 2 is 1.51 bits per heavy atom. The first-order valence-electron chi connectivity index (χ1n) is 14.5. The smallest absolute Gasteiger partial charge is 0.283 e. The van der Waals surface area contributed by atoms with E-state index in [1.807, 2.05) is 79.0 Å². The molecule has 6 heteroatoms. The molecule has 6 nitrogen and oxygen atoms in total. The molecule has 234 valence electrons. The second kappa shape index (κ2) is 26.6. The molecule has 0 aliphatic heterocycles. The summed E-state index contributed by atoms with van der Waals surface area (Å²) in [7, 11) is 3.49. The largest absolute Gasteiger partial charge is 0.497 e. The van der Waals surface area contributed by atoms with Crippen LogP contribution in [0.15, 0.2) is 120 Å². The highest BCUT2D eigenvalue weighted by molar-refractivity contribution is 5.81. The molecule has 0 saturated heterocycles. The summed E-state index contributed by atoms with van der Waals surface area (Å²) in [4.78, 5) is 22.2. The Kier molecular flexibility index (Phi) is 25.2. The van der Waals surface area contributed by atoms with E-state index in [0.717, 1.165) is 41.7 Å². The summed E-state index contributed by atoms with van der Waals surface area (Å²) in [6.07, 6.45) is 13.3. The van der Waals surface area contributed by atoms with Crippen molar-refractivity contribution in [1.29, 1.82) is 0 Å². The van der Waals surface area contributed by atoms with Gasteiger partial charge in [-0.25, -0.2) is 0 Å². The molecule has 0 bridgehead atoms. The minimum atomic E-state index is -0.676. The van der Waals surface area contributed by atoms with Gasteiger partial charge in [-0.1, -0.05) is 108 Å². The molecule has 1 atom stereocenters. The normalized spacial score (nSPS) is 11.8. The third-order valence-electron chi connectivity index (χ3n) is 5.51. The number of ether oxygens (including phenoxy) is 2. The maximum Gasteiger partial charge on any atom is 0.283 e. The molecule has 2 aromatic rings. The number of nitrogens with zero attached hydrogens (tertiary/aromatic N) is 2. The van der Waals surface area contributed by atoms with Crippen LogP contribution in [0.4, 0.5) is 0 Å². The number of rotatable bonds is 11.